The van der Waals surface area contributed by atoms with Gasteiger partial charge in [-0.15, -0.1) is 0 Å². The summed E-state index contributed by atoms with van der Waals surface area (Å²) in [6.07, 6.45) is 2.02. The molecule has 3 aromatic rings. The molecule has 0 aliphatic heterocycles. The lowest BCUT2D eigenvalue weighted by molar-refractivity contribution is -0.120. The number of hydrogen-bond donors (Lipinski definition) is 1. The largest absolute Gasteiger partial charge is 0.464 e. The SMILES string of the molecule is COCc1ccc(CNC(=O)Cc2coc3cc(C)c(C(C)C)cc23)cc1. The number of hydrogen-bond acceptors (Lipinski definition) is 3. The van der Waals surface area contributed by atoms with Crippen LogP contribution >= 0.6 is 0 Å². The minimum Gasteiger partial charge on any atom is -0.464 e. The number of benzene rings is 2. The second kappa shape index (κ2) is 8.40. The van der Waals surface area contributed by atoms with E-state index in [9.17, 15) is 4.79 Å². The molecule has 0 aliphatic carbocycles. The highest BCUT2D eigenvalue weighted by Gasteiger charge is 2.14. The highest BCUT2D eigenvalue weighted by molar-refractivity contribution is 5.88. The average Bonchev–Trinajstić information content (AvgIpc) is 3.02. The van der Waals surface area contributed by atoms with E-state index in [0.717, 1.165) is 27.7 Å². The van der Waals surface area contributed by atoms with Crippen LogP contribution in [0, 0.1) is 6.92 Å². The van der Waals surface area contributed by atoms with Gasteiger partial charge < -0.3 is 14.5 Å². The van der Waals surface area contributed by atoms with Crippen LogP contribution < -0.4 is 5.32 Å². The summed E-state index contributed by atoms with van der Waals surface area (Å²) in [4.78, 5) is 12.4. The Balaban J connectivity index is 1.66. The van der Waals surface area contributed by atoms with Gasteiger partial charge in [0.2, 0.25) is 5.91 Å². The van der Waals surface area contributed by atoms with Crippen LogP contribution in [0.15, 0.2) is 47.1 Å². The maximum absolute atomic E-state index is 12.4. The Morgan fingerprint density at radius 1 is 1.15 bits per heavy atom. The van der Waals surface area contributed by atoms with Crippen molar-refractivity contribution in [2.24, 2.45) is 0 Å². The van der Waals surface area contributed by atoms with Crippen LogP contribution in [-0.4, -0.2) is 13.0 Å². The Hall–Kier alpha value is -2.59. The smallest absolute Gasteiger partial charge is 0.224 e. The van der Waals surface area contributed by atoms with Crippen LogP contribution in [0.1, 0.15) is 47.6 Å². The van der Waals surface area contributed by atoms with Crippen molar-refractivity contribution in [3.8, 4) is 0 Å². The molecular formula is C23H27NO3. The van der Waals surface area contributed by atoms with Gasteiger partial charge in [0.05, 0.1) is 19.3 Å². The van der Waals surface area contributed by atoms with E-state index in [1.54, 1.807) is 13.4 Å². The Bertz CT molecular complexity index is 923. The molecule has 0 saturated carbocycles. The zero-order chi connectivity index (χ0) is 19.4. The highest BCUT2D eigenvalue weighted by atomic mass is 16.5. The number of carbonyl (C=O) groups excluding carboxylic acids is 1. The van der Waals surface area contributed by atoms with E-state index in [1.165, 1.54) is 11.1 Å². The van der Waals surface area contributed by atoms with Gasteiger partial charge in [-0.2, -0.15) is 0 Å². The van der Waals surface area contributed by atoms with Crippen LogP contribution in [0.5, 0.6) is 0 Å². The normalized spacial score (nSPS) is 11.3. The van der Waals surface area contributed by atoms with Crippen molar-refractivity contribution < 1.29 is 13.9 Å². The maximum atomic E-state index is 12.4. The van der Waals surface area contributed by atoms with Gasteiger partial charge in [0.1, 0.15) is 5.58 Å². The fourth-order valence-electron chi connectivity index (χ4n) is 3.36. The number of rotatable bonds is 7. The van der Waals surface area contributed by atoms with Crippen LogP contribution in [0.25, 0.3) is 11.0 Å². The van der Waals surface area contributed by atoms with Crippen LogP contribution in [-0.2, 0) is 29.1 Å². The quantitative estimate of drug-likeness (QED) is 0.650. The zero-order valence-electron chi connectivity index (χ0n) is 16.5. The molecule has 0 spiro atoms. The predicted octanol–water partition coefficient (Wildman–Crippen LogP) is 4.87. The molecule has 0 bridgehead atoms. The first kappa shape index (κ1) is 19.2. The Labute approximate surface area is 160 Å². The second-order valence-corrected chi connectivity index (χ2v) is 7.32. The molecule has 4 heteroatoms. The summed E-state index contributed by atoms with van der Waals surface area (Å²) >= 11 is 0. The molecule has 0 atom stereocenters. The van der Waals surface area contributed by atoms with Gasteiger partial charge in [-0.3, -0.25) is 4.79 Å². The lowest BCUT2D eigenvalue weighted by Crippen LogP contribution is -2.24. The van der Waals surface area contributed by atoms with E-state index in [0.29, 0.717) is 25.5 Å². The summed E-state index contributed by atoms with van der Waals surface area (Å²) < 4.78 is 10.8. The van der Waals surface area contributed by atoms with Gasteiger partial charge in [0.15, 0.2) is 0 Å². The van der Waals surface area contributed by atoms with Gasteiger partial charge in [-0.25, -0.2) is 0 Å². The molecule has 142 valence electrons. The van der Waals surface area contributed by atoms with E-state index in [-0.39, 0.29) is 5.91 Å². The summed E-state index contributed by atoms with van der Waals surface area (Å²) in [6, 6.07) is 12.3. The van der Waals surface area contributed by atoms with Crippen molar-refractivity contribution in [2.75, 3.05) is 7.11 Å². The third-order valence-corrected chi connectivity index (χ3v) is 4.84. The van der Waals surface area contributed by atoms with Gasteiger partial charge in [0, 0.05) is 24.6 Å². The molecule has 1 aromatic heterocycles. The third kappa shape index (κ3) is 4.58. The molecule has 0 radical (unpaired) electrons. The van der Waals surface area contributed by atoms with Crippen molar-refractivity contribution >= 4 is 16.9 Å². The number of furan rings is 1. The minimum absolute atomic E-state index is 0.00894. The molecule has 4 nitrogen and oxygen atoms in total. The van der Waals surface area contributed by atoms with Crippen molar-refractivity contribution in [1.29, 1.82) is 0 Å². The standard InChI is InChI=1S/C23H27NO3/c1-15(2)20-11-21-19(14-27-22(21)9-16(20)3)10-23(25)24-12-17-5-7-18(8-6-17)13-26-4/h5-9,11,14-15H,10,12-13H2,1-4H3,(H,24,25). The van der Waals surface area contributed by atoms with Crippen molar-refractivity contribution in [2.45, 2.75) is 46.3 Å². The molecule has 0 aliphatic rings. The summed E-state index contributed by atoms with van der Waals surface area (Å²) in [6.45, 7) is 7.56. The molecule has 0 unspecified atom stereocenters. The second-order valence-electron chi connectivity index (χ2n) is 7.32. The molecule has 27 heavy (non-hydrogen) atoms. The molecule has 2 aromatic carbocycles. The summed E-state index contributed by atoms with van der Waals surface area (Å²) in [5.41, 5.74) is 6.47. The number of methoxy groups -OCH3 is 1. The van der Waals surface area contributed by atoms with E-state index >= 15 is 0 Å². The first-order valence-electron chi connectivity index (χ1n) is 9.32. The first-order chi connectivity index (χ1) is 13.0. The number of carbonyl (C=O) groups is 1. The summed E-state index contributed by atoms with van der Waals surface area (Å²) in [5.74, 6) is 0.428. The zero-order valence-corrected chi connectivity index (χ0v) is 16.5. The molecule has 3 rings (SSSR count). The van der Waals surface area contributed by atoms with E-state index in [1.807, 2.05) is 24.3 Å². The fraction of sp³-hybridized carbons (Fsp3) is 0.348. The molecule has 0 saturated heterocycles. The maximum Gasteiger partial charge on any atom is 0.224 e. The summed E-state index contributed by atoms with van der Waals surface area (Å²) in [5, 5.41) is 4.02. The Morgan fingerprint density at radius 3 is 2.52 bits per heavy atom. The van der Waals surface area contributed by atoms with E-state index in [2.05, 4.69) is 38.2 Å². The Kier molecular flexibility index (Phi) is 5.97. The molecule has 1 amide bonds. The molecular weight excluding hydrogens is 338 g/mol. The fourth-order valence-corrected chi connectivity index (χ4v) is 3.36. The average molecular weight is 365 g/mol. The topological polar surface area (TPSA) is 51.5 Å². The molecule has 1 N–H and O–H groups in total. The summed E-state index contributed by atoms with van der Waals surface area (Å²) in [7, 11) is 1.68. The van der Waals surface area contributed by atoms with Crippen LogP contribution in [0.3, 0.4) is 0 Å². The van der Waals surface area contributed by atoms with Crippen molar-refractivity contribution in [1.82, 2.24) is 5.32 Å². The van der Waals surface area contributed by atoms with Crippen LogP contribution in [0.4, 0.5) is 0 Å². The van der Waals surface area contributed by atoms with Gasteiger partial charge in [-0.1, -0.05) is 38.1 Å². The minimum atomic E-state index is -0.00894. The first-order valence-corrected chi connectivity index (χ1v) is 9.32. The van der Waals surface area contributed by atoms with Gasteiger partial charge in [-0.05, 0) is 47.2 Å². The van der Waals surface area contributed by atoms with E-state index < -0.39 is 0 Å². The van der Waals surface area contributed by atoms with Crippen molar-refractivity contribution in [3.05, 3.63) is 70.5 Å². The van der Waals surface area contributed by atoms with Crippen LogP contribution in [0.2, 0.25) is 0 Å². The lowest BCUT2D eigenvalue weighted by Gasteiger charge is -2.10. The predicted molar refractivity (Wildman–Crippen MR) is 108 cm³/mol. The highest BCUT2D eigenvalue weighted by Crippen LogP contribution is 2.29. The van der Waals surface area contributed by atoms with Gasteiger partial charge >= 0.3 is 0 Å². The number of ether oxygens (including phenoxy) is 1. The monoisotopic (exact) mass is 365 g/mol. The third-order valence-electron chi connectivity index (χ3n) is 4.84. The molecule has 1 heterocycles. The number of nitrogens with one attached hydrogen (secondary N) is 1. The van der Waals surface area contributed by atoms with E-state index in [4.69, 9.17) is 9.15 Å². The molecule has 0 fully saturated rings. The number of amides is 1. The number of fused-ring (bicyclic) bond motifs is 1. The lowest BCUT2D eigenvalue weighted by atomic mass is 9.95. The Morgan fingerprint density at radius 2 is 1.85 bits per heavy atom. The van der Waals surface area contributed by atoms with Gasteiger partial charge in [0.25, 0.3) is 0 Å². The van der Waals surface area contributed by atoms with Crippen molar-refractivity contribution in [3.63, 3.8) is 0 Å². The number of aryl methyl sites for hydroxylation is 1.